The number of carbonyl (C=O) groups excluding carboxylic acids is 1. The lowest BCUT2D eigenvalue weighted by Gasteiger charge is -2.22. The molecule has 116 valence electrons. The summed E-state index contributed by atoms with van der Waals surface area (Å²) in [5.41, 5.74) is 0.920. The normalized spacial score (nSPS) is 10.5. The van der Waals surface area contributed by atoms with Gasteiger partial charge in [0.25, 0.3) is 5.91 Å². The van der Waals surface area contributed by atoms with Gasteiger partial charge in [0.05, 0.1) is 0 Å². The van der Waals surface area contributed by atoms with E-state index in [0.29, 0.717) is 25.1 Å². The molecular formula is C17H19FN2O2. The molecule has 0 atom stereocenters. The first-order valence-electron chi connectivity index (χ1n) is 7.32. The lowest BCUT2D eigenvalue weighted by atomic mass is 10.1. The van der Waals surface area contributed by atoms with Crippen LogP contribution >= 0.6 is 0 Å². The van der Waals surface area contributed by atoms with Gasteiger partial charge in [0.15, 0.2) is 0 Å². The number of benzene rings is 1. The molecular weight excluding hydrogens is 283 g/mol. The van der Waals surface area contributed by atoms with Crippen LogP contribution in [0.15, 0.2) is 47.4 Å². The van der Waals surface area contributed by atoms with Crippen molar-refractivity contribution < 1.29 is 9.18 Å². The molecule has 2 rings (SSSR count). The maximum absolute atomic E-state index is 13.2. The van der Waals surface area contributed by atoms with Crippen molar-refractivity contribution in [1.82, 2.24) is 9.88 Å². The van der Waals surface area contributed by atoms with E-state index in [4.69, 9.17) is 0 Å². The number of aromatic amines is 1. The number of pyridine rings is 1. The van der Waals surface area contributed by atoms with Crippen LogP contribution in [0.2, 0.25) is 0 Å². The maximum atomic E-state index is 13.2. The molecule has 0 unspecified atom stereocenters. The van der Waals surface area contributed by atoms with Gasteiger partial charge in [-0.05, 0) is 36.6 Å². The van der Waals surface area contributed by atoms with Crippen LogP contribution in [0.3, 0.4) is 0 Å². The zero-order valence-corrected chi connectivity index (χ0v) is 12.5. The van der Waals surface area contributed by atoms with Gasteiger partial charge < -0.3 is 9.88 Å². The molecule has 1 aromatic carbocycles. The number of halogens is 1. The highest BCUT2D eigenvalue weighted by Gasteiger charge is 2.15. The van der Waals surface area contributed by atoms with Crippen molar-refractivity contribution >= 4 is 5.91 Å². The van der Waals surface area contributed by atoms with E-state index >= 15 is 0 Å². The van der Waals surface area contributed by atoms with Crippen molar-refractivity contribution in [2.45, 2.75) is 19.8 Å². The van der Waals surface area contributed by atoms with Crippen LogP contribution in [0, 0.1) is 5.82 Å². The van der Waals surface area contributed by atoms with Crippen LogP contribution in [-0.2, 0) is 6.42 Å². The number of aromatic nitrogens is 1. The summed E-state index contributed by atoms with van der Waals surface area (Å²) in [6.45, 7) is 3.07. The molecule has 1 N–H and O–H groups in total. The number of carbonyl (C=O) groups is 1. The molecule has 0 bridgehead atoms. The third-order valence-corrected chi connectivity index (χ3v) is 3.36. The second kappa shape index (κ2) is 7.54. The molecule has 4 nitrogen and oxygen atoms in total. The minimum absolute atomic E-state index is 0.177. The van der Waals surface area contributed by atoms with Gasteiger partial charge in [-0.25, -0.2) is 4.39 Å². The zero-order valence-electron chi connectivity index (χ0n) is 12.5. The summed E-state index contributed by atoms with van der Waals surface area (Å²) in [5, 5.41) is 0. The fourth-order valence-corrected chi connectivity index (χ4v) is 2.30. The topological polar surface area (TPSA) is 53.2 Å². The molecule has 0 fully saturated rings. The molecule has 22 heavy (non-hydrogen) atoms. The van der Waals surface area contributed by atoms with Crippen molar-refractivity contribution in [3.63, 3.8) is 0 Å². The Morgan fingerprint density at radius 3 is 2.73 bits per heavy atom. The van der Waals surface area contributed by atoms with Crippen LogP contribution in [0.5, 0.6) is 0 Å². The van der Waals surface area contributed by atoms with Gasteiger partial charge in [-0.1, -0.05) is 19.1 Å². The van der Waals surface area contributed by atoms with Crippen LogP contribution in [0.1, 0.15) is 29.3 Å². The molecule has 0 spiro atoms. The lowest BCUT2D eigenvalue weighted by Crippen LogP contribution is -2.34. The monoisotopic (exact) mass is 302 g/mol. The van der Waals surface area contributed by atoms with E-state index < -0.39 is 0 Å². The van der Waals surface area contributed by atoms with Crippen molar-refractivity contribution in [2.75, 3.05) is 13.1 Å². The van der Waals surface area contributed by atoms with Gasteiger partial charge in [-0.15, -0.1) is 0 Å². The highest BCUT2D eigenvalue weighted by atomic mass is 19.1. The summed E-state index contributed by atoms with van der Waals surface area (Å²) < 4.78 is 13.2. The van der Waals surface area contributed by atoms with E-state index in [1.807, 2.05) is 13.0 Å². The first-order chi connectivity index (χ1) is 10.6. The third-order valence-electron chi connectivity index (χ3n) is 3.36. The predicted octanol–water partition coefficient (Wildman–Crippen LogP) is 2.61. The first-order valence-corrected chi connectivity index (χ1v) is 7.32. The Balaban J connectivity index is 2.09. The van der Waals surface area contributed by atoms with Crippen molar-refractivity contribution in [3.05, 3.63) is 69.9 Å². The van der Waals surface area contributed by atoms with Gasteiger partial charge in [0.1, 0.15) is 5.82 Å². The number of hydrogen-bond donors (Lipinski definition) is 1. The summed E-state index contributed by atoms with van der Waals surface area (Å²) in [6, 6.07) is 9.26. The second-order valence-corrected chi connectivity index (χ2v) is 5.11. The van der Waals surface area contributed by atoms with Gasteiger partial charge in [0, 0.05) is 30.9 Å². The summed E-state index contributed by atoms with van der Waals surface area (Å²) in [7, 11) is 0. The van der Waals surface area contributed by atoms with Gasteiger partial charge in [-0.2, -0.15) is 0 Å². The number of rotatable bonds is 6. The zero-order chi connectivity index (χ0) is 15.9. The van der Waals surface area contributed by atoms with Crippen LogP contribution < -0.4 is 5.56 Å². The number of hydrogen-bond acceptors (Lipinski definition) is 2. The molecule has 0 aliphatic rings. The SMILES string of the molecule is CCCN(CCc1cccc(F)c1)C(=O)c1cc[nH]c(=O)c1. The van der Waals surface area contributed by atoms with Crippen molar-refractivity contribution in [1.29, 1.82) is 0 Å². The molecule has 0 saturated heterocycles. The van der Waals surface area contributed by atoms with E-state index in [0.717, 1.165) is 12.0 Å². The minimum atomic E-state index is -0.299. The van der Waals surface area contributed by atoms with Crippen LogP contribution in [0.4, 0.5) is 4.39 Å². The smallest absolute Gasteiger partial charge is 0.254 e. The van der Waals surface area contributed by atoms with Crippen molar-refractivity contribution in [3.8, 4) is 0 Å². The van der Waals surface area contributed by atoms with Crippen LogP contribution in [-0.4, -0.2) is 28.9 Å². The Hall–Kier alpha value is -2.43. The largest absolute Gasteiger partial charge is 0.338 e. The lowest BCUT2D eigenvalue weighted by molar-refractivity contribution is 0.0757. The Bertz CT molecular complexity index is 697. The van der Waals surface area contributed by atoms with Gasteiger partial charge >= 0.3 is 0 Å². The summed E-state index contributed by atoms with van der Waals surface area (Å²) in [5.74, 6) is -0.454. The van der Waals surface area contributed by atoms with Gasteiger partial charge in [0.2, 0.25) is 5.56 Å². The number of amides is 1. The molecule has 1 heterocycles. The Morgan fingerprint density at radius 1 is 1.23 bits per heavy atom. The third kappa shape index (κ3) is 4.28. The summed E-state index contributed by atoms with van der Waals surface area (Å²) >= 11 is 0. The summed E-state index contributed by atoms with van der Waals surface area (Å²) in [4.78, 5) is 28.0. The van der Waals surface area contributed by atoms with Gasteiger partial charge in [-0.3, -0.25) is 9.59 Å². The standard InChI is InChI=1S/C17H19FN2O2/c1-2-9-20(10-7-13-4-3-5-15(18)11-13)17(22)14-6-8-19-16(21)12-14/h3-6,8,11-12H,2,7,9-10H2,1H3,(H,19,21). The van der Waals surface area contributed by atoms with E-state index in [1.54, 1.807) is 17.0 Å². The highest BCUT2D eigenvalue weighted by molar-refractivity contribution is 5.94. The first kappa shape index (κ1) is 15.9. The molecule has 0 aliphatic carbocycles. The predicted molar refractivity (Wildman–Crippen MR) is 83.4 cm³/mol. The summed E-state index contributed by atoms with van der Waals surface area (Å²) in [6.07, 6.45) is 2.86. The maximum Gasteiger partial charge on any atom is 0.254 e. The number of nitrogens with one attached hydrogen (secondary N) is 1. The fraction of sp³-hybridized carbons (Fsp3) is 0.294. The molecule has 2 aromatic rings. The Kier molecular flexibility index (Phi) is 5.47. The molecule has 1 amide bonds. The van der Waals surface area contributed by atoms with E-state index in [2.05, 4.69) is 4.98 Å². The van der Waals surface area contributed by atoms with Crippen molar-refractivity contribution in [2.24, 2.45) is 0 Å². The minimum Gasteiger partial charge on any atom is -0.338 e. The fourth-order valence-electron chi connectivity index (χ4n) is 2.30. The second-order valence-electron chi connectivity index (χ2n) is 5.11. The van der Waals surface area contributed by atoms with Crippen LogP contribution in [0.25, 0.3) is 0 Å². The quantitative estimate of drug-likeness (QED) is 0.892. The molecule has 0 radical (unpaired) electrons. The molecule has 1 aromatic heterocycles. The van der Waals surface area contributed by atoms with E-state index in [1.165, 1.54) is 24.4 Å². The average molecular weight is 302 g/mol. The molecule has 0 saturated carbocycles. The highest BCUT2D eigenvalue weighted by Crippen LogP contribution is 2.08. The van der Waals surface area contributed by atoms with E-state index in [9.17, 15) is 14.0 Å². The molecule has 5 heteroatoms. The average Bonchev–Trinajstić information content (AvgIpc) is 2.51. The van der Waals surface area contributed by atoms with E-state index in [-0.39, 0.29) is 17.3 Å². The number of nitrogens with zero attached hydrogens (tertiary/aromatic N) is 1. The number of H-pyrrole nitrogens is 1. The Morgan fingerprint density at radius 2 is 2.05 bits per heavy atom. The Labute approximate surface area is 128 Å². The molecule has 0 aliphatic heterocycles.